The van der Waals surface area contributed by atoms with Gasteiger partial charge in [0.05, 0.1) is 6.04 Å². The molecule has 0 aliphatic carbocycles. The number of pyridine rings is 1. The minimum absolute atomic E-state index is 0.0967. The highest BCUT2D eigenvalue weighted by molar-refractivity contribution is 5.51. The zero-order valence-corrected chi connectivity index (χ0v) is 9.52. The molecule has 2 aromatic rings. The van der Waals surface area contributed by atoms with Crippen molar-refractivity contribution in [2.45, 2.75) is 13.0 Å². The number of anilines is 2. The van der Waals surface area contributed by atoms with E-state index in [1.54, 1.807) is 12.3 Å². The van der Waals surface area contributed by atoms with Crippen molar-refractivity contribution in [3.63, 3.8) is 0 Å². The molecular weight excluding hydrogens is 217 g/mol. The van der Waals surface area contributed by atoms with E-state index in [2.05, 4.69) is 10.3 Å². The lowest BCUT2D eigenvalue weighted by atomic mass is 10.1. The Balaban J connectivity index is 2.20. The van der Waals surface area contributed by atoms with Crippen molar-refractivity contribution in [3.05, 3.63) is 54.0 Å². The molecule has 0 aliphatic heterocycles. The molecule has 3 nitrogen and oxygen atoms in total. The van der Waals surface area contributed by atoms with Crippen molar-refractivity contribution in [1.82, 2.24) is 4.98 Å². The van der Waals surface area contributed by atoms with Crippen LogP contribution >= 0.6 is 0 Å². The normalized spacial score (nSPS) is 12.1. The molecule has 1 heterocycles. The van der Waals surface area contributed by atoms with Crippen LogP contribution in [0.4, 0.5) is 15.9 Å². The minimum atomic E-state index is -0.367. The topological polar surface area (TPSA) is 50.9 Å². The number of nitrogens with one attached hydrogen (secondary N) is 1. The third-order valence-electron chi connectivity index (χ3n) is 2.57. The fourth-order valence-electron chi connectivity index (χ4n) is 1.68. The van der Waals surface area contributed by atoms with E-state index < -0.39 is 0 Å². The molecule has 0 amide bonds. The Morgan fingerprint density at radius 3 is 2.71 bits per heavy atom. The maximum Gasteiger partial charge on any atom is 0.165 e. The summed E-state index contributed by atoms with van der Waals surface area (Å²) in [5, 5.41) is 3.00. The second-order valence-corrected chi connectivity index (χ2v) is 3.83. The number of para-hydroxylation sites is 1. The predicted molar refractivity (Wildman–Crippen MR) is 67.1 cm³/mol. The van der Waals surface area contributed by atoms with Gasteiger partial charge in [-0.2, -0.15) is 0 Å². The summed E-state index contributed by atoms with van der Waals surface area (Å²) >= 11 is 0. The van der Waals surface area contributed by atoms with E-state index >= 15 is 0 Å². The van der Waals surface area contributed by atoms with Crippen molar-refractivity contribution in [2.24, 2.45) is 0 Å². The number of hydrogen-bond acceptors (Lipinski definition) is 3. The van der Waals surface area contributed by atoms with E-state index in [4.69, 9.17) is 5.73 Å². The Hall–Kier alpha value is -2.10. The van der Waals surface area contributed by atoms with Gasteiger partial charge >= 0.3 is 0 Å². The number of rotatable bonds is 3. The van der Waals surface area contributed by atoms with Gasteiger partial charge in [0.1, 0.15) is 0 Å². The molecule has 0 saturated carbocycles. The standard InChI is InChI=1S/C13H14FN3/c1-9(10-5-2-3-7-12(10)15)17-13-11(14)6-4-8-16-13/h2-9H,15H2,1H3,(H,16,17). The van der Waals surface area contributed by atoms with Crippen molar-refractivity contribution >= 4 is 11.5 Å². The highest BCUT2D eigenvalue weighted by atomic mass is 19.1. The zero-order valence-electron chi connectivity index (χ0n) is 9.52. The highest BCUT2D eigenvalue weighted by Gasteiger charge is 2.10. The van der Waals surface area contributed by atoms with Gasteiger partial charge in [-0.3, -0.25) is 0 Å². The number of aromatic nitrogens is 1. The third-order valence-corrected chi connectivity index (χ3v) is 2.57. The van der Waals surface area contributed by atoms with Crippen LogP contribution in [0.1, 0.15) is 18.5 Å². The molecule has 0 radical (unpaired) electrons. The Morgan fingerprint density at radius 1 is 1.24 bits per heavy atom. The fraction of sp³-hybridized carbons (Fsp3) is 0.154. The van der Waals surface area contributed by atoms with Crippen LogP contribution in [-0.4, -0.2) is 4.98 Å². The molecule has 1 unspecified atom stereocenters. The summed E-state index contributed by atoms with van der Waals surface area (Å²) in [6, 6.07) is 10.3. The molecule has 2 rings (SSSR count). The molecule has 3 N–H and O–H groups in total. The van der Waals surface area contributed by atoms with E-state index in [1.165, 1.54) is 6.07 Å². The summed E-state index contributed by atoms with van der Waals surface area (Å²) in [6.07, 6.45) is 1.55. The van der Waals surface area contributed by atoms with Gasteiger partial charge in [-0.05, 0) is 30.7 Å². The molecule has 1 atom stereocenters. The summed E-state index contributed by atoms with van der Waals surface area (Å²) in [6.45, 7) is 1.92. The van der Waals surface area contributed by atoms with Crippen LogP contribution in [0.5, 0.6) is 0 Å². The SMILES string of the molecule is CC(Nc1ncccc1F)c1ccccc1N. The molecule has 0 fully saturated rings. The molecular formula is C13H14FN3. The fourth-order valence-corrected chi connectivity index (χ4v) is 1.68. The van der Waals surface area contributed by atoms with Crippen molar-refractivity contribution in [1.29, 1.82) is 0 Å². The van der Waals surface area contributed by atoms with Crippen LogP contribution < -0.4 is 11.1 Å². The summed E-state index contributed by atoms with van der Waals surface area (Å²) in [5.74, 6) is -0.128. The van der Waals surface area contributed by atoms with Crippen LogP contribution in [-0.2, 0) is 0 Å². The first-order valence-electron chi connectivity index (χ1n) is 5.40. The molecule has 0 aliphatic rings. The van der Waals surface area contributed by atoms with Crippen LogP contribution in [0, 0.1) is 5.82 Å². The predicted octanol–water partition coefficient (Wildman–Crippen LogP) is 2.98. The van der Waals surface area contributed by atoms with Crippen molar-refractivity contribution in [2.75, 3.05) is 11.1 Å². The Labute approximate surface area is 99.5 Å². The van der Waals surface area contributed by atoms with Crippen LogP contribution in [0.2, 0.25) is 0 Å². The van der Waals surface area contributed by atoms with Gasteiger partial charge in [-0.1, -0.05) is 18.2 Å². The highest BCUT2D eigenvalue weighted by Crippen LogP contribution is 2.23. The summed E-state index contributed by atoms with van der Waals surface area (Å²) in [5.41, 5.74) is 7.47. The van der Waals surface area contributed by atoms with E-state index in [0.29, 0.717) is 5.69 Å². The van der Waals surface area contributed by atoms with Crippen molar-refractivity contribution in [3.8, 4) is 0 Å². The molecule has 1 aromatic carbocycles. The van der Waals surface area contributed by atoms with Gasteiger partial charge in [0.15, 0.2) is 11.6 Å². The molecule has 0 bridgehead atoms. The lowest BCUT2D eigenvalue weighted by Crippen LogP contribution is -2.11. The van der Waals surface area contributed by atoms with Crippen LogP contribution in [0.3, 0.4) is 0 Å². The lowest BCUT2D eigenvalue weighted by Gasteiger charge is -2.16. The van der Waals surface area contributed by atoms with Gasteiger partial charge in [0.2, 0.25) is 0 Å². The van der Waals surface area contributed by atoms with Crippen molar-refractivity contribution < 1.29 is 4.39 Å². The second-order valence-electron chi connectivity index (χ2n) is 3.83. The first kappa shape index (κ1) is 11.4. The number of benzene rings is 1. The van der Waals surface area contributed by atoms with Gasteiger partial charge < -0.3 is 11.1 Å². The molecule has 4 heteroatoms. The molecule has 17 heavy (non-hydrogen) atoms. The maximum atomic E-state index is 13.4. The Kier molecular flexibility index (Phi) is 3.23. The first-order valence-corrected chi connectivity index (χ1v) is 5.40. The average Bonchev–Trinajstić information content (AvgIpc) is 2.32. The number of halogens is 1. The molecule has 88 valence electrons. The van der Waals surface area contributed by atoms with Crippen LogP contribution in [0.15, 0.2) is 42.6 Å². The number of nitrogen functional groups attached to an aromatic ring is 1. The largest absolute Gasteiger partial charge is 0.398 e. The third kappa shape index (κ3) is 2.53. The van der Waals surface area contributed by atoms with E-state index in [9.17, 15) is 4.39 Å². The van der Waals surface area contributed by atoms with E-state index in [0.717, 1.165) is 5.56 Å². The number of hydrogen-bond donors (Lipinski definition) is 2. The summed E-state index contributed by atoms with van der Waals surface area (Å²) in [4.78, 5) is 3.95. The number of nitrogens with zero attached hydrogens (tertiary/aromatic N) is 1. The van der Waals surface area contributed by atoms with E-state index in [1.807, 2.05) is 31.2 Å². The smallest absolute Gasteiger partial charge is 0.165 e. The van der Waals surface area contributed by atoms with E-state index in [-0.39, 0.29) is 17.7 Å². The summed E-state index contributed by atoms with van der Waals surface area (Å²) in [7, 11) is 0. The van der Waals surface area contributed by atoms with Gasteiger partial charge in [0.25, 0.3) is 0 Å². The summed E-state index contributed by atoms with van der Waals surface area (Å²) < 4.78 is 13.4. The minimum Gasteiger partial charge on any atom is -0.398 e. The zero-order chi connectivity index (χ0) is 12.3. The van der Waals surface area contributed by atoms with Crippen LogP contribution in [0.25, 0.3) is 0 Å². The lowest BCUT2D eigenvalue weighted by molar-refractivity contribution is 0.621. The Bertz CT molecular complexity index is 514. The number of nitrogens with two attached hydrogens (primary N) is 1. The van der Waals surface area contributed by atoms with Gasteiger partial charge in [0, 0.05) is 11.9 Å². The average molecular weight is 231 g/mol. The first-order chi connectivity index (χ1) is 8.18. The molecule has 1 aromatic heterocycles. The molecule has 0 saturated heterocycles. The van der Waals surface area contributed by atoms with Gasteiger partial charge in [-0.25, -0.2) is 9.37 Å². The maximum absolute atomic E-state index is 13.4. The monoisotopic (exact) mass is 231 g/mol. The Morgan fingerprint density at radius 2 is 2.00 bits per heavy atom. The quantitative estimate of drug-likeness (QED) is 0.798. The molecule has 0 spiro atoms. The van der Waals surface area contributed by atoms with Gasteiger partial charge in [-0.15, -0.1) is 0 Å². The second kappa shape index (κ2) is 4.82.